The van der Waals surface area contributed by atoms with Crippen molar-refractivity contribution in [2.45, 2.75) is 46.0 Å². The Kier molecular flexibility index (Phi) is 4.94. The van der Waals surface area contributed by atoms with Gasteiger partial charge in [-0.25, -0.2) is 0 Å². The molecule has 21 heavy (non-hydrogen) atoms. The topological polar surface area (TPSA) is 34.4 Å². The van der Waals surface area contributed by atoms with E-state index in [1.165, 1.54) is 16.5 Å². The van der Waals surface area contributed by atoms with Crippen molar-refractivity contribution in [3.05, 3.63) is 29.5 Å². The minimum atomic E-state index is 0.0301. The quantitative estimate of drug-likeness (QED) is 0.806. The van der Waals surface area contributed by atoms with Crippen molar-refractivity contribution in [3.63, 3.8) is 0 Å². The average Bonchev–Trinajstić information content (AvgIpc) is 2.84. The Morgan fingerprint density at radius 2 is 1.95 bits per heavy atom. The predicted octanol–water partition coefficient (Wildman–Crippen LogP) is 4.28. The first-order valence-corrected chi connectivity index (χ1v) is 7.76. The van der Waals surface area contributed by atoms with Crippen LogP contribution in [0.1, 0.15) is 45.2 Å². The molecule has 116 valence electrons. The molecule has 0 saturated heterocycles. The maximum Gasteiger partial charge on any atom is 0.138 e. The number of nitrogens with one attached hydrogen (secondary N) is 1. The molecule has 2 aromatic rings. The van der Waals surface area contributed by atoms with Gasteiger partial charge < -0.3 is 14.5 Å². The highest BCUT2D eigenvalue weighted by Gasteiger charge is 2.22. The molecule has 0 atom stereocenters. The van der Waals surface area contributed by atoms with Gasteiger partial charge in [-0.05, 0) is 49.0 Å². The standard InChI is InChI=1S/C18H27NO2/c1-6-8-19-9-7-13-12-21-17-15(13)10-14(20-5)11-16(17)18(2,3)4/h10-12,19H,6-9H2,1-5H3. The zero-order chi connectivity index (χ0) is 15.5. The molecule has 0 radical (unpaired) electrons. The molecule has 1 N–H and O–H groups in total. The van der Waals surface area contributed by atoms with E-state index in [1.54, 1.807) is 7.11 Å². The van der Waals surface area contributed by atoms with Gasteiger partial charge in [0.2, 0.25) is 0 Å². The Labute approximate surface area is 127 Å². The van der Waals surface area contributed by atoms with Gasteiger partial charge in [0.05, 0.1) is 13.4 Å². The van der Waals surface area contributed by atoms with Crippen LogP contribution >= 0.6 is 0 Å². The van der Waals surface area contributed by atoms with Crippen molar-refractivity contribution < 1.29 is 9.15 Å². The lowest BCUT2D eigenvalue weighted by atomic mass is 9.85. The predicted molar refractivity (Wildman–Crippen MR) is 88.3 cm³/mol. The van der Waals surface area contributed by atoms with Gasteiger partial charge in [0, 0.05) is 10.9 Å². The zero-order valence-corrected chi connectivity index (χ0v) is 13.9. The Balaban J connectivity index is 2.37. The lowest BCUT2D eigenvalue weighted by molar-refractivity contribution is 0.413. The van der Waals surface area contributed by atoms with Gasteiger partial charge in [-0.2, -0.15) is 0 Å². The number of hydrogen-bond donors (Lipinski definition) is 1. The van der Waals surface area contributed by atoms with Crippen LogP contribution in [-0.2, 0) is 11.8 Å². The second-order valence-electron chi connectivity index (χ2n) is 6.56. The van der Waals surface area contributed by atoms with Gasteiger partial charge in [0.15, 0.2) is 0 Å². The lowest BCUT2D eigenvalue weighted by Crippen LogP contribution is -2.17. The van der Waals surface area contributed by atoms with E-state index in [2.05, 4.69) is 45.1 Å². The van der Waals surface area contributed by atoms with E-state index in [9.17, 15) is 0 Å². The van der Waals surface area contributed by atoms with Crippen molar-refractivity contribution >= 4 is 11.0 Å². The summed E-state index contributed by atoms with van der Waals surface area (Å²) in [5, 5.41) is 4.62. The summed E-state index contributed by atoms with van der Waals surface area (Å²) in [5.74, 6) is 0.900. The Hall–Kier alpha value is -1.48. The molecule has 3 nitrogen and oxygen atoms in total. The zero-order valence-electron chi connectivity index (χ0n) is 13.9. The van der Waals surface area contributed by atoms with Crippen LogP contribution in [0.15, 0.2) is 22.8 Å². The van der Waals surface area contributed by atoms with Crippen LogP contribution in [0.3, 0.4) is 0 Å². The summed E-state index contributed by atoms with van der Waals surface area (Å²) in [6.45, 7) is 10.8. The van der Waals surface area contributed by atoms with Gasteiger partial charge in [0.25, 0.3) is 0 Å². The third-order valence-electron chi connectivity index (χ3n) is 3.77. The van der Waals surface area contributed by atoms with E-state index in [-0.39, 0.29) is 5.41 Å². The molecule has 2 rings (SSSR count). The number of benzene rings is 1. The summed E-state index contributed by atoms with van der Waals surface area (Å²) < 4.78 is 11.3. The first-order chi connectivity index (χ1) is 9.97. The first kappa shape index (κ1) is 15.9. The molecule has 1 aromatic carbocycles. The number of methoxy groups -OCH3 is 1. The number of hydrogen-bond acceptors (Lipinski definition) is 3. The third kappa shape index (κ3) is 3.59. The van der Waals surface area contributed by atoms with Gasteiger partial charge in [-0.1, -0.05) is 27.7 Å². The maximum absolute atomic E-state index is 5.88. The molecule has 0 saturated carbocycles. The van der Waals surface area contributed by atoms with Crippen LogP contribution in [0.5, 0.6) is 5.75 Å². The van der Waals surface area contributed by atoms with Crippen molar-refractivity contribution in [2.75, 3.05) is 20.2 Å². The van der Waals surface area contributed by atoms with E-state index in [0.717, 1.165) is 37.3 Å². The maximum atomic E-state index is 5.88. The van der Waals surface area contributed by atoms with E-state index in [0.29, 0.717) is 0 Å². The SMILES string of the molecule is CCCNCCc1coc2c(C(C)(C)C)cc(OC)cc12. The normalized spacial score (nSPS) is 12.0. The summed E-state index contributed by atoms with van der Waals surface area (Å²) in [6.07, 6.45) is 4.03. The van der Waals surface area contributed by atoms with Crippen molar-refractivity contribution in [1.29, 1.82) is 0 Å². The summed E-state index contributed by atoms with van der Waals surface area (Å²) in [5.41, 5.74) is 3.47. The third-order valence-corrected chi connectivity index (χ3v) is 3.77. The molecule has 0 aliphatic heterocycles. The minimum absolute atomic E-state index is 0.0301. The molecular weight excluding hydrogens is 262 g/mol. The highest BCUT2D eigenvalue weighted by molar-refractivity contribution is 5.86. The molecule has 0 aliphatic rings. The average molecular weight is 289 g/mol. The van der Waals surface area contributed by atoms with Gasteiger partial charge in [-0.15, -0.1) is 0 Å². The monoisotopic (exact) mass is 289 g/mol. The number of rotatable bonds is 6. The smallest absolute Gasteiger partial charge is 0.138 e. The molecule has 0 aliphatic carbocycles. The fraction of sp³-hybridized carbons (Fsp3) is 0.556. The van der Waals surface area contributed by atoms with Crippen LogP contribution in [0.2, 0.25) is 0 Å². The van der Waals surface area contributed by atoms with Crippen LogP contribution < -0.4 is 10.1 Å². The second-order valence-corrected chi connectivity index (χ2v) is 6.56. The van der Waals surface area contributed by atoms with E-state index in [1.807, 2.05) is 6.26 Å². The molecule has 1 heterocycles. The molecule has 0 unspecified atom stereocenters. The minimum Gasteiger partial charge on any atom is -0.497 e. The number of ether oxygens (including phenoxy) is 1. The van der Waals surface area contributed by atoms with Gasteiger partial charge >= 0.3 is 0 Å². The summed E-state index contributed by atoms with van der Waals surface area (Å²) in [6, 6.07) is 4.17. The number of furan rings is 1. The summed E-state index contributed by atoms with van der Waals surface area (Å²) >= 11 is 0. The summed E-state index contributed by atoms with van der Waals surface area (Å²) in [4.78, 5) is 0. The van der Waals surface area contributed by atoms with Crippen molar-refractivity contribution in [3.8, 4) is 5.75 Å². The van der Waals surface area contributed by atoms with E-state index < -0.39 is 0 Å². The fourth-order valence-corrected chi connectivity index (χ4v) is 2.55. The Morgan fingerprint density at radius 3 is 2.57 bits per heavy atom. The van der Waals surface area contributed by atoms with Crippen LogP contribution in [0.25, 0.3) is 11.0 Å². The van der Waals surface area contributed by atoms with Crippen LogP contribution in [0.4, 0.5) is 0 Å². The molecular formula is C18H27NO2. The fourth-order valence-electron chi connectivity index (χ4n) is 2.55. The molecule has 0 amide bonds. The Morgan fingerprint density at radius 1 is 1.19 bits per heavy atom. The van der Waals surface area contributed by atoms with Crippen LogP contribution in [-0.4, -0.2) is 20.2 Å². The Bertz CT molecular complexity index is 593. The molecule has 0 bridgehead atoms. The first-order valence-electron chi connectivity index (χ1n) is 7.76. The lowest BCUT2D eigenvalue weighted by Gasteiger charge is -2.20. The molecule has 1 aromatic heterocycles. The van der Waals surface area contributed by atoms with E-state index in [4.69, 9.17) is 9.15 Å². The second kappa shape index (κ2) is 6.52. The highest BCUT2D eigenvalue weighted by atomic mass is 16.5. The molecule has 0 spiro atoms. The van der Waals surface area contributed by atoms with Crippen molar-refractivity contribution in [2.24, 2.45) is 0 Å². The number of fused-ring (bicyclic) bond motifs is 1. The van der Waals surface area contributed by atoms with E-state index >= 15 is 0 Å². The van der Waals surface area contributed by atoms with Crippen LogP contribution in [0, 0.1) is 0 Å². The highest BCUT2D eigenvalue weighted by Crippen LogP contribution is 2.36. The molecule has 0 fully saturated rings. The summed E-state index contributed by atoms with van der Waals surface area (Å²) in [7, 11) is 1.72. The van der Waals surface area contributed by atoms with Gasteiger partial charge in [0.1, 0.15) is 11.3 Å². The van der Waals surface area contributed by atoms with Crippen molar-refractivity contribution in [1.82, 2.24) is 5.32 Å². The molecule has 3 heteroatoms. The van der Waals surface area contributed by atoms with Gasteiger partial charge in [-0.3, -0.25) is 0 Å². The largest absolute Gasteiger partial charge is 0.497 e.